The van der Waals surface area contributed by atoms with Crippen LogP contribution >= 0.6 is 11.3 Å². The molecule has 0 aliphatic carbocycles. The molecule has 1 aliphatic rings. The molecule has 2 rings (SSSR count). The standard InChI is InChI=1S/C11H17NO2S/c1-9-2-5-15-11(9)6-12-3-4-14-10-7-13-8-10/h2,5,10,12H,3-4,6-8H2,1H3. The fourth-order valence-electron chi connectivity index (χ4n) is 1.40. The van der Waals surface area contributed by atoms with Gasteiger partial charge in [-0.15, -0.1) is 11.3 Å². The third kappa shape index (κ3) is 3.28. The second-order valence-corrected chi connectivity index (χ2v) is 4.73. The number of hydrogen-bond acceptors (Lipinski definition) is 4. The molecule has 15 heavy (non-hydrogen) atoms. The smallest absolute Gasteiger partial charge is 0.104 e. The monoisotopic (exact) mass is 227 g/mol. The van der Waals surface area contributed by atoms with Crippen LogP contribution < -0.4 is 5.32 Å². The molecule has 0 unspecified atom stereocenters. The topological polar surface area (TPSA) is 30.5 Å². The normalized spacial score (nSPS) is 16.6. The van der Waals surface area contributed by atoms with Crippen LogP contribution in [0.25, 0.3) is 0 Å². The average Bonchev–Trinajstić information content (AvgIpc) is 2.55. The Bertz CT molecular complexity index is 297. The van der Waals surface area contributed by atoms with Crippen LogP contribution in [0, 0.1) is 6.92 Å². The van der Waals surface area contributed by atoms with Gasteiger partial charge in [0.15, 0.2) is 0 Å². The molecule has 1 fully saturated rings. The Hall–Kier alpha value is -0.420. The lowest BCUT2D eigenvalue weighted by Crippen LogP contribution is -2.37. The zero-order valence-electron chi connectivity index (χ0n) is 8.99. The summed E-state index contributed by atoms with van der Waals surface area (Å²) in [5.74, 6) is 0. The molecule has 0 saturated carbocycles. The van der Waals surface area contributed by atoms with Gasteiger partial charge in [0.2, 0.25) is 0 Å². The maximum atomic E-state index is 5.54. The van der Waals surface area contributed by atoms with Crippen molar-refractivity contribution in [3.05, 3.63) is 21.9 Å². The molecule has 0 amide bonds. The molecule has 3 nitrogen and oxygen atoms in total. The van der Waals surface area contributed by atoms with E-state index in [4.69, 9.17) is 9.47 Å². The third-order valence-corrected chi connectivity index (χ3v) is 3.52. The second kappa shape index (κ2) is 5.61. The Labute approximate surface area is 94.4 Å². The van der Waals surface area contributed by atoms with E-state index in [-0.39, 0.29) is 0 Å². The minimum Gasteiger partial charge on any atom is -0.376 e. The van der Waals surface area contributed by atoms with Crippen LogP contribution in [0.3, 0.4) is 0 Å². The first-order valence-corrected chi connectivity index (χ1v) is 6.17. The molecule has 84 valence electrons. The van der Waals surface area contributed by atoms with Crippen LogP contribution in [0.1, 0.15) is 10.4 Å². The van der Waals surface area contributed by atoms with Crippen LogP contribution in [0.4, 0.5) is 0 Å². The summed E-state index contributed by atoms with van der Waals surface area (Å²) < 4.78 is 10.6. The van der Waals surface area contributed by atoms with Crippen molar-refractivity contribution < 1.29 is 9.47 Å². The Morgan fingerprint density at radius 1 is 1.60 bits per heavy atom. The minimum absolute atomic E-state index is 0.343. The van der Waals surface area contributed by atoms with Crippen molar-refractivity contribution in [1.29, 1.82) is 0 Å². The van der Waals surface area contributed by atoms with E-state index in [9.17, 15) is 0 Å². The van der Waals surface area contributed by atoms with Gasteiger partial charge < -0.3 is 14.8 Å². The van der Waals surface area contributed by atoms with E-state index in [1.807, 2.05) is 0 Å². The van der Waals surface area contributed by atoms with Crippen LogP contribution in [0.15, 0.2) is 11.4 Å². The number of ether oxygens (including phenoxy) is 2. The summed E-state index contributed by atoms with van der Waals surface area (Å²) >= 11 is 1.81. The highest BCUT2D eigenvalue weighted by Gasteiger charge is 2.17. The Morgan fingerprint density at radius 3 is 3.07 bits per heavy atom. The zero-order chi connectivity index (χ0) is 10.5. The Morgan fingerprint density at radius 2 is 2.47 bits per heavy atom. The first-order valence-electron chi connectivity index (χ1n) is 5.29. The van der Waals surface area contributed by atoms with E-state index in [1.165, 1.54) is 10.4 Å². The Kier molecular flexibility index (Phi) is 4.14. The predicted molar refractivity (Wildman–Crippen MR) is 61.3 cm³/mol. The molecule has 0 bridgehead atoms. The summed E-state index contributed by atoms with van der Waals surface area (Å²) in [7, 11) is 0. The van der Waals surface area contributed by atoms with Gasteiger partial charge >= 0.3 is 0 Å². The van der Waals surface area contributed by atoms with Crippen LogP contribution in [-0.4, -0.2) is 32.5 Å². The molecule has 1 saturated heterocycles. The largest absolute Gasteiger partial charge is 0.376 e. The first kappa shape index (κ1) is 11.1. The highest BCUT2D eigenvalue weighted by atomic mass is 32.1. The molecule has 0 spiro atoms. The van der Waals surface area contributed by atoms with Crippen LogP contribution in [0.2, 0.25) is 0 Å². The van der Waals surface area contributed by atoms with Gasteiger partial charge in [0.25, 0.3) is 0 Å². The maximum Gasteiger partial charge on any atom is 0.104 e. The average molecular weight is 227 g/mol. The summed E-state index contributed by atoms with van der Waals surface area (Å²) in [4.78, 5) is 1.42. The first-order chi connectivity index (χ1) is 7.36. The van der Waals surface area contributed by atoms with Gasteiger partial charge in [0.1, 0.15) is 6.10 Å². The van der Waals surface area contributed by atoms with Crippen molar-refractivity contribution in [2.45, 2.75) is 19.6 Å². The number of thiophene rings is 1. The SMILES string of the molecule is Cc1ccsc1CNCCOC1COC1. The van der Waals surface area contributed by atoms with Crippen LogP contribution in [0.5, 0.6) is 0 Å². The van der Waals surface area contributed by atoms with E-state index >= 15 is 0 Å². The molecule has 1 aliphatic heterocycles. The summed E-state index contributed by atoms with van der Waals surface area (Å²) in [6.45, 7) is 6.32. The van der Waals surface area contributed by atoms with Gasteiger partial charge in [-0.2, -0.15) is 0 Å². The summed E-state index contributed by atoms with van der Waals surface area (Å²) in [5, 5.41) is 5.51. The van der Waals surface area contributed by atoms with E-state index in [2.05, 4.69) is 23.7 Å². The summed E-state index contributed by atoms with van der Waals surface area (Å²) in [6, 6.07) is 2.16. The maximum absolute atomic E-state index is 5.54. The van der Waals surface area contributed by atoms with Crippen molar-refractivity contribution in [2.24, 2.45) is 0 Å². The van der Waals surface area contributed by atoms with E-state index in [1.54, 1.807) is 11.3 Å². The lowest BCUT2D eigenvalue weighted by molar-refractivity contribution is -0.128. The van der Waals surface area contributed by atoms with E-state index < -0.39 is 0 Å². The number of nitrogens with one attached hydrogen (secondary N) is 1. The molecule has 0 atom stereocenters. The lowest BCUT2D eigenvalue weighted by atomic mass is 10.3. The number of aryl methyl sites for hydroxylation is 1. The van der Waals surface area contributed by atoms with Crippen molar-refractivity contribution in [3.63, 3.8) is 0 Å². The Balaban J connectivity index is 1.53. The highest BCUT2D eigenvalue weighted by Crippen LogP contribution is 2.14. The quantitative estimate of drug-likeness (QED) is 0.748. The van der Waals surface area contributed by atoms with Gasteiger partial charge in [-0.1, -0.05) is 0 Å². The number of hydrogen-bond donors (Lipinski definition) is 1. The van der Waals surface area contributed by atoms with Crippen molar-refractivity contribution >= 4 is 11.3 Å². The fraction of sp³-hybridized carbons (Fsp3) is 0.636. The molecule has 2 heterocycles. The zero-order valence-corrected chi connectivity index (χ0v) is 9.81. The minimum atomic E-state index is 0.343. The molecule has 0 aromatic carbocycles. The molecular weight excluding hydrogens is 210 g/mol. The molecule has 1 N–H and O–H groups in total. The second-order valence-electron chi connectivity index (χ2n) is 3.73. The van der Waals surface area contributed by atoms with Crippen molar-refractivity contribution in [1.82, 2.24) is 5.32 Å². The van der Waals surface area contributed by atoms with Crippen molar-refractivity contribution in [3.8, 4) is 0 Å². The lowest BCUT2D eigenvalue weighted by Gasteiger charge is -2.25. The van der Waals surface area contributed by atoms with Gasteiger partial charge in [-0.25, -0.2) is 0 Å². The predicted octanol–water partition coefficient (Wildman–Crippen LogP) is 1.56. The highest BCUT2D eigenvalue weighted by molar-refractivity contribution is 7.10. The summed E-state index contributed by atoms with van der Waals surface area (Å²) in [6.07, 6.45) is 0.343. The van der Waals surface area contributed by atoms with E-state index in [0.29, 0.717) is 6.10 Å². The fourth-order valence-corrected chi connectivity index (χ4v) is 2.27. The summed E-state index contributed by atoms with van der Waals surface area (Å²) in [5.41, 5.74) is 1.38. The molecule has 4 heteroatoms. The third-order valence-electron chi connectivity index (χ3n) is 2.49. The van der Waals surface area contributed by atoms with Crippen molar-refractivity contribution in [2.75, 3.05) is 26.4 Å². The van der Waals surface area contributed by atoms with Gasteiger partial charge in [0.05, 0.1) is 19.8 Å². The van der Waals surface area contributed by atoms with Gasteiger partial charge in [-0.3, -0.25) is 0 Å². The molecule has 1 aromatic heterocycles. The molecular formula is C11H17NO2S. The van der Waals surface area contributed by atoms with E-state index in [0.717, 1.165) is 32.9 Å². The van der Waals surface area contributed by atoms with Crippen LogP contribution in [-0.2, 0) is 16.0 Å². The number of rotatable bonds is 6. The van der Waals surface area contributed by atoms with Gasteiger partial charge in [-0.05, 0) is 23.9 Å². The van der Waals surface area contributed by atoms with Gasteiger partial charge in [0, 0.05) is 18.0 Å². The molecule has 1 aromatic rings. The molecule has 0 radical (unpaired) electrons.